The summed E-state index contributed by atoms with van der Waals surface area (Å²) in [5.74, 6) is -1.26. The first kappa shape index (κ1) is 14.4. The zero-order chi connectivity index (χ0) is 16.8. The van der Waals surface area contributed by atoms with Crippen molar-refractivity contribution in [2.24, 2.45) is 0 Å². The van der Waals surface area contributed by atoms with Gasteiger partial charge in [-0.3, -0.25) is 4.79 Å². The third-order valence-electron chi connectivity index (χ3n) is 4.59. The number of carbonyl (C=O) groups is 1. The van der Waals surface area contributed by atoms with E-state index in [0.29, 0.717) is 33.7 Å². The van der Waals surface area contributed by atoms with Crippen LogP contribution in [0.25, 0.3) is 5.70 Å². The van der Waals surface area contributed by atoms with Crippen LogP contribution in [0.5, 0.6) is 0 Å². The summed E-state index contributed by atoms with van der Waals surface area (Å²) >= 11 is 0. The van der Waals surface area contributed by atoms with Crippen LogP contribution >= 0.6 is 0 Å². The Bertz CT molecular complexity index is 995. The summed E-state index contributed by atoms with van der Waals surface area (Å²) in [5, 5.41) is 12.8. The van der Waals surface area contributed by atoms with Crippen molar-refractivity contribution in [1.82, 2.24) is 5.32 Å². The summed E-state index contributed by atoms with van der Waals surface area (Å²) in [5.41, 5.74) is 3.89. The van der Waals surface area contributed by atoms with Crippen LogP contribution in [0.15, 0.2) is 65.4 Å². The number of dihydropyridines is 1. The Labute approximate surface area is 138 Å². The number of allylic oxidation sites excluding steroid dienone is 3. The van der Waals surface area contributed by atoms with E-state index >= 15 is 0 Å². The lowest BCUT2D eigenvalue weighted by Gasteiger charge is -2.27. The van der Waals surface area contributed by atoms with Gasteiger partial charge in [0, 0.05) is 28.0 Å². The number of hydrogen-bond donors (Lipinski definition) is 1. The Morgan fingerprint density at radius 1 is 1.08 bits per heavy atom. The zero-order valence-electron chi connectivity index (χ0n) is 12.9. The first-order valence-corrected chi connectivity index (χ1v) is 7.64. The van der Waals surface area contributed by atoms with E-state index in [4.69, 9.17) is 0 Å². The predicted molar refractivity (Wildman–Crippen MR) is 88.3 cm³/mol. The number of ketones is 1. The lowest BCUT2D eigenvalue weighted by atomic mass is 9.80. The first-order chi connectivity index (χ1) is 11.6. The second kappa shape index (κ2) is 5.17. The topological polar surface area (TPSA) is 52.9 Å². The molecule has 0 bridgehead atoms. The fourth-order valence-corrected chi connectivity index (χ4v) is 3.50. The van der Waals surface area contributed by atoms with Crippen LogP contribution in [0.1, 0.15) is 34.3 Å². The van der Waals surface area contributed by atoms with Crippen molar-refractivity contribution in [3.05, 3.63) is 87.9 Å². The number of benzene rings is 2. The lowest BCUT2D eigenvalue weighted by molar-refractivity contribution is 0.103. The highest BCUT2D eigenvalue weighted by Crippen LogP contribution is 2.46. The van der Waals surface area contributed by atoms with E-state index in [2.05, 4.69) is 11.4 Å². The van der Waals surface area contributed by atoms with E-state index in [1.807, 2.05) is 12.1 Å². The van der Waals surface area contributed by atoms with E-state index in [9.17, 15) is 14.4 Å². The number of hydrogen-bond acceptors (Lipinski definition) is 3. The van der Waals surface area contributed by atoms with Crippen LogP contribution in [0, 0.1) is 17.1 Å². The molecule has 0 amide bonds. The number of carbonyl (C=O) groups excluding carboxylic acids is 1. The Morgan fingerprint density at radius 3 is 2.46 bits per heavy atom. The van der Waals surface area contributed by atoms with Crippen molar-refractivity contribution in [3.63, 3.8) is 0 Å². The summed E-state index contributed by atoms with van der Waals surface area (Å²) in [6.45, 7) is 1.78. The number of halogens is 1. The molecule has 0 aromatic heterocycles. The van der Waals surface area contributed by atoms with Gasteiger partial charge in [-0.05, 0) is 13.0 Å². The maximum Gasteiger partial charge on any atom is 0.192 e. The predicted octanol–water partition coefficient (Wildman–Crippen LogP) is 3.92. The Kier molecular flexibility index (Phi) is 3.10. The molecule has 0 spiro atoms. The van der Waals surface area contributed by atoms with Gasteiger partial charge in [-0.25, -0.2) is 4.39 Å². The van der Waals surface area contributed by atoms with Crippen LogP contribution in [0.3, 0.4) is 0 Å². The smallest absolute Gasteiger partial charge is 0.192 e. The number of nitriles is 1. The van der Waals surface area contributed by atoms with Gasteiger partial charge in [0.2, 0.25) is 0 Å². The molecule has 2 aromatic rings. The highest BCUT2D eigenvalue weighted by Gasteiger charge is 2.41. The van der Waals surface area contributed by atoms with Crippen LogP contribution in [0.4, 0.5) is 4.39 Å². The summed E-state index contributed by atoms with van der Waals surface area (Å²) in [7, 11) is 0. The van der Waals surface area contributed by atoms with Crippen molar-refractivity contribution in [2.45, 2.75) is 12.8 Å². The largest absolute Gasteiger partial charge is 0.357 e. The Morgan fingerprint density at radius 2 is 1.75 bits per heavy atom. The summed E-state index contributed by atoms with van der Waals surface area (Å²) in [6.07, 6.45) is 0. The maximum atomic E-state index is 14.4. The minimum atomic E-state index is -0.688. The molecule has 0 fully saturated rings. The summed E-state index contributed by atoms with van der Waals surface area (Å²) < 4.78 is 14.4. The van der Waals surface area contributed by atoms with E-state index < -0.39 is 11.7 Å². The van der Waals surface area contributed by atoms with Gasteiger partial charge in [0.25, 0.3) is 0 Å². The number of fused-ring (bicyclic) bond motifs is 2. The van der Waals surface area contributed by atoms with E-state index in [0.717, 1.165) is 5.56 Å². The van der Waals surface area contributed by atoms with Crippen LogP contribution in [-0.4, -0.2) is 5.78 Å². The molecule has 116 valence electrons. The normalized spacial score (nSPS) is 18.9. The monoisotopic (exact) mass is 316 g/mol. The number of rotatable bonds is 1. The van der Waals surface area contributed by atoms with Crippen molar-refractivity contribution < 1.29 is 9.18 Å². The number of Topliss-reactive ketones (excluding diaryl/α,β-unsaturated/α-hetero) is 1. The number of nitrogens with one attached hydrogen (secondary N) is 1. The van der Waals surface area contributed by atoms with Crippen molar-refractivity contribution in [1.29, 1.82) is 5.26 Å². The van der Waals surface area contributed by atoms with Gasteiger partial charge in [0.1, 0.15) is 5.82 Å². The van der Waals surface area contributed by atoms with Gasteiger partial charge < -0.3 is 5.32 Å². The molecular formula is C20H13FN2O. The molecule has 1 heterocycles. The van der Waals surface area contributed by atoms with Crippen LogP contribution < -0.4 is 5.32 Å². The first-order valence-electron chi connectivity index (χ1n) is 7.64. The van der Waals surface area contributed by atoms with Gasteiger partial charge in [-0.15, -0.1) is 0 Å². The molecule has 0 radical (unpaired) electrons. The quantitative estimate of drug-likeness (QED) is 0.867. The highest BCUT2D eigenvalue weighted by molar-refractivity contribution is 6.22. The second-order valence-corrected chi connectivity index (χ2v) is 5.89. The average molecular weight is 316 g/mol. The maximum absolute atomic E-state index is 14.4. The van der Waals surface area contributed by atoms with Crippen LogP contribution in [0.2, 0.25) is 0 Å². The van der Waals surface area contributed by atoms with Gasteiger partial charge in [0.15, 0.2) is 5.78 Å². The van der Waals surface area contributed by atoms with Gasteiger partial charge in [-0.1, -0.05) is 42.5 Å². The third kappa shape index (κ3) is 1.85. The van der Waals surface area contributed by atoms with Gasteiger partial charge >= 0.3 is 0 Å². The molecule has 3 nitrogen and oxygen atoms in total. The SMILES string of the molecule is CC1=C(C#N)C(c2ccccc2F)C2=C(N1)c1ccccc1C2=O. The summed E-state index contributed by atoms with van der Waals surface area (Å²) in [6, 6.07) is 15.8. The highest BCUT2D eigenvalue weighted by atomic mass is 19.1. The van der Waals surface area contributed by atoms with E-state index in [-0.39, 0.29) is 5.78 Å². The molecular weight excluding hydrogens is 303 g/mol. The van der Waals surface area contributed by atoms with Crippen molar-refractivity contribution >= 4 is 11.5 Å². The molecule has 4 rings (SSSR count). The van der Waals surface area contributed by atoms with E-state index in [1.165, 1.54) is 6.07 Å². The minimum absolute atomic E-state index is 0.151. The molecule has 1 aliphatic carbocycles. The molecule has 1 N–H and O–H groups in total. The Hall–Kier alpha value is -3.19. The van der Waals surface area contributed by atoms with E-state index in [1.54, 1.807) is 37.3 Å². The van der Waals surface area contributed by atoms with Crippen molar-refractivity contribution in [2.75, 3.05) is 0 Å². The lowest BCUT2D eigenvalue weighted by Crippen LogP contribution is -2.24. The molecule has 24 heavy (non-hydrogen) atoms. The summed E-state index contributed by atoms with van der Waals surface area (Å²) in [4.78, 5) is 12.9. The third-order valence-corrected chi connectivity index (χ3v) is 4.59. The molecule has 0 saturated heterocycles. The standard InChI is InChI=1S/C20H13FN2O/c1-11-15(10-22)17(14-8-4-5-9-16(14)21)18-19(23-11)12-6-2-3-7-13(12)20(18)24/h2-9,17,23H,1H3. The second-order valence-electron chi connectivity index (χ2n) is 5.89. The number of nitrogens with zero attached hydrogens (tertiary/aromatic N) is 1. The molecule has 0 saturated carbocycles. The van der Waals surface area contributed by atoms with Gasteiger partial charge in [-0.2, -0.15) is 5.26 Å². The van der Waals surface area contributed by atoms with Crippen molar-refractivity contribution in [3.8, 4) is 6.07 Å². The molecule has 1 atom stereocenters. The molecule has 1 unspecified atom stereocenters. The molecule has 2 aromatic carbocycles. The molecule has 4 heteroatoms. The van der Waals surface area contributed by atoms with Crippen LogP contribution in [-0.2, 0) is 0 Å². The minimum Gasteiger partial charge on any atom is -0.357 e. The average Bonchev–Trinajstić information content (AvgIpc) is 2.87. The fourth-order valence-electron chi connectivity index (χ4n) is 3.50. The Balaban J connectivity index is 2.00. The fraction of sp³-hybridized carbons (Fsp3) is 0.100. The van der Waals surface area contributed by atoms with Gasteiger partial charge in [0.05, 0.1) is 23.3 Å². The molecule has 2 aliphatic rings. The molecule has 1 aliphatic heterocycles. The zero-order valence-corrected chi connectivity index (χ0v) is 12.9.